The van der Waals surface area contributed by atoms with Crippen LogP contribution in [0.5, 0.6) is 5.75 Å². The van der Waals surface area contributed by atoms with E-state index in [-0.39, 0.29) is 40.3 Å². The van der Waals surface area contributed by atoms with E-state index in [0.29, 0.717) is 6.54 Å². The normalized spacial score (nSPS) is 13.9. The zero-order valence-electron chi connectivity index (χ0n) is 20.4. The van der Waals surface area contributed by atoms with Crippen LogP contribution in [0, 0.1) is 15.9 Å². The molecular formula is C24H25FN6O5. The summed E-state index contributed by atoms with van der Waals surface area (Å²) in [6, 6.07) is 5.58. The van der Waals surface area contributed by atoms with E-state index in [1.807, 2.05) is 24.8 Å². The van der Waals surface area contributed by atoms with E-state index in [1.165, 1.54) is 13.3 Å². The Morgan fingerprint density at radius 3 is 2.72 bits per heavy atom. The second-order valence-electron chi connectivity index (χ2n) is 9.11. The third kappa shape index (κ3) is 4.61. The number of halogens is 1. The molecule has 0 unspecified atom stereocenters. The number of esters is 1. The summed E-state index contributed by atoms with van der Waals surface area (Å²) in [7, 11) is 1.30. The largest absolute Gasteiger partial charge is 0.494 e. The number of benzene rings is 1. The Kier molecular flexibility index (Phi) is 6.44. The molecule has 0 bridgehead atoms. The lowest BCUT2D eigenvalue weighted by Gasteiger charge is -2.23. The van der Waals surface area contributed by atoms with Crippen molar-refractivity contribution in [2.75, 3.05) is 23.9 Å². The Hall–Kier alpha value is -4.35. The molecule has 1 aliphatic heterocycles. The lowest BCUT2D eigenvalue weighted by atomic mass is 9.91. The van der Waals surface area contributed by atoms with Crippen LogP contribution >= 0.6 is 0 Å². The number of carbonyl (C=O) groups is 1. The maximum atomic E-state index is 14.1. The summed E-state index contributed by atoms with van der Waals surface area (Å²) >= 11 is 0. The number of anilines is 4. The van der Waals surface area contributed by atoms with Gasteiger partial charge >= 0.3 is 11.7 Å². The minimum atomic E-state index is -1.04. The topological polar surface area (TPSA) is 133 Å². The van der Waals surface area contributed by atoms with Gasteiger partial charge in [-0.25, -0.2) is 9.78 Å². The first kappa shape index (κ1) is 24.8. The third-order valence-corrected chi connectivity index (χ3v) is 5.57. The molecule has 0 amide bonds. The number of hydrogen-bond donors (Lipinski definition) is 1. The van der Waals surface area contributed by atoms with Gasteiger partial charge in [-0.3, -0.25) is 15.1 Å². The first-order valence-corrected chi connectivity index (χ1v) is 11.1. The Morgan fingerprint density at radius 1 is 1.31 bits per heavy atom. The van der Waals surface area contributed by atoms with Crippen molar-refractivity contribution in [1.29, 1.82) is 0 Å². The van der Waals surface area contributed by atoms with Crippen LogP contribution in [0.3, 0.4) is 0 Å². The number of pyridine rings is 1. The zero-order chi connectivity index (χ0) is 26.2. The molecule has 0 fully saturated rings. The number of nitrogens with zero attached hydrogens (tertiary/aromatic N) is 5. The molecule has 3 aromatic rings. The third-order valence-electron chi connectivity index (χ3n) is 5.57. The van der Waals surface area contributed by atoms with Gasteiger partial charge in [0, 0.05) is 36.5 Å². The van der Waals surface area contributed by atoms with Crippen LogP contribution in [0.4, 0.5) is 33.2 Å². The van der Waals surface area contributed by atoms with Crippen LogP contribution in [-0.2, 0) is 10.2 Å². The quantitative estimate of drug-likeness (QED) is 0.280. The van der Waals surface area contributed by atoms with E-state index in [2.05, 4.69) is 20.3 Å². The first-order chi connectivity index (χ1) is 17.0. The van der Waals surface area contributed by atoms with Gasteiger partial charge in [0.1, 0.15) is 11.3 Å². The molecule has 0 saturated heterocycles. The van der Waals surface area contributed by atoms with Crippen LogP contribution in [0.1, 0.15) is 43.7 Å². The van der Waals surface area contributed by atoms with E-state index in [4.69, 9.17) is 9.47 Å². The van der Waals surface area contributed by atoms with Crippen LogP contribution in [0.25, 0.3) is 0 Å². The van der Waals surface area contributed by atoms with Crippen molar-refractivity contribution in [3.8, 4) is 5.75 Å². The monoisotopic (exact) mass is 496 g/mol. The van der Waals surface area contributed by atoms with Crippen LogP contribution < -0.4 is 15.0 Å². The van der Waals surface area contributed by atoms with Crippen molar-refractivity contribution >= 4 is 34.8 Å². The maximum Gasteiger partial charge on any atom is 0.343 e. The van der Waals surface area contributed by atoms with Gasteiger partial charge in [-0.05, 0) is 26.0 Å². The molecule has 188 valence electrons. The average molecular weight is 496 g/mol. The van der Waals surface area contributed by atoms with Gasteiger partial charge < -0.3 is 19.7 Å². The van der Waals surface area contributed by atoms with Gasteiger partial charge in [0.05, 0.1) is 35.2 Å². The highest BCUT2D eigenvalue weighted by Gasteiger charge is 2.39. The lowest BCUT2D eigenvalue weighted by Crippen LogP contribution is -2.28. The van der Waals surface area contributed by atoms with E-state index < -0.39 is 22.4 Å². The molecule has 36 heavy (non-hydrogen) atoms. The molecule has 0 aliphatic carbocycles. The molecular weight excluding hydrogens is 471 g/mol. The number of ether oxygens (including phenoxy) is 2. The molecule has 12 heteroatoms. The van der Waals surface area contributed by atoms with Gasteiger partial charge in [0.25, 0.3) is 0 Å². The Bertz CT molecular complexity index is 1350. The molecule has 11 nitrogen and oxygen atoms in total. The number of hydrogen-bond acceptors (Lipinski definition) is 10. The number of rotatable bonds is 7. The highest BCUT2D eigenvalue weighted by atomic mass is 19.1. The SMILES string of the molecule is COc1cc(F)c([N+](=O)[O-])cc1Nc1ncc(C(=O)OC(C)C)c(N2CC(C)(C)c3ncccc32)n1. The fraction of sp³-hybridized carbons (Fsp3) is 0.333. The summed E-state index contributed by atoms with van der Waals surface area (Å²) in [5, 5.41) is 14.1. The molecule has 2 aromatic heterocycles. The predicted molar refractivity (Wildman–Crippen MR) is 130 cm³/mol. The van der Waals surface area contributed by atoms with Crippen LogP contribution in [0.15, 0.2) is 36.7 Å². The van der Waals surface area contributed by atoms with Crippen molar-refractivity contribution in [2.24, 2.45) is 0 Å². The van der Waals surface area contributed by atoms with Crippen molar-refractivity contribution in [3.63, 3.8) is 0 Å². The molecule has 1 aromatic carbocycles. The summed E-state index contributed by atoms with van der Waals surface area (Å²) in [4.78, 5) is 38.5. The summed E-state index contributed by atoms with van der Waals surface area (Å²) in [5.41, 5.74) is 0.765. The fourth-order valence-corrected chi connectivity index (χ4v) is 4.01. The number of methoxy groups -OCH3 is 1. The molecule has 1 N–H and O–H groups in total. The predicted octanol–water partition coefficient (Wildman–Crippen LogP) is 4.67. The number of nitrogens with one attached hydrogen (secondary N) is 1. The van der Waals surface area contributed by atoms with Crippen molar-refractivity contribution in [1.82, 2.24) is 15.0 Å². The summed E-state index contributed by atoms with van der Waals surface area (Å²) < 4.78 is 24.7. The van der Waals surface area contributed by atoms with E-state index in [1.54, 1.807) is 26.1 Å². The maximum absolute atomic E-state index is 14.1. The second-order valence-corrected chi connectivity index (χ2v) is 9.11. The zero-order valence-corrected chi connectivity index (χ0v) is 20.4. The first-order valence-electron chi connectivity index (χ1n) is 11.1. The summed E-state index contributed by atoms with van der Waals surface area (Å²) in [6.45, 7) is 8.02. The number of fused-ring (bicyclic) bond motifs is 1. The van der Waals surface area contributed by atoms with Crippen molar-refractivity contribution in [2.45, 2.75) is 39.2 Å². The highest BCUT2D eigenvalue weighted by molar-refractivity contribution is 5.96. The average Bonchev–Trinajstić information content (AvgIpc) is 3.10. The number of aromatic nitrogens is 3. The molecule has 0 radical (unpaired) electrons. The summed E-state index contributed by atoms with van der Waals surface area (Å²) in [5.74, 6) is -1.34. The van der Waals surface area contributed by atoms with E-state index in [9.17, 15) is 19.3 Å². The minimum absolute atomic E-state index is 0.0143. The van der Waals surface area contributed by atoms with Gasteiger partial charge in [0.2, 0.25) is 11.8 Å². The number of nitro benzene ring substituents is 1. The molecule has 0 spiro atoms. The number of nitro groups is 1. The standard InChI is InChI=1S/C24H25FN6O5/c1-13(2)36-22(32)14-11-27-23(28-16-10-18(31(33)34)15(25)9-19(16)35-5)29-21(14)30-12-24(3,4)20-17(30)7-6-8-26-20/h6-11,13H,12H2,1-5H3,(H,27,28,29). The minimum Gasteiger partial charge on any atom is -0.494 e. The second kappa shape index (κ2) is 9.36. The Balaban J connectivity index is 1.82. The molecule has 4 rings (SSSR count). The van der Waals surface area contributed by atoms with Crippen molar-refractivity contribution < 1.29 is 23.6 Å². The summed E-state index contributed by atoms with van der Waals surface area (Å²) in [6.07, 6.45) is 2.66. The smallest absolute Gasteiger partial charge is 0.343 e. The molecule has 1 aliphatic rings. The lowest BCUT2D eigenvalue weighted by molar-refractivity contribution is -0.387. The van der Waals surface area contributed by atoms with Crippen LogP contribution in [0.2, 0.25) is 0 Å². The van der Waals surface area contributed by atoms with E-state index >= 15 is 0 Å². The number of carbonyl (C=O) groups excluding carboxylic acids is 1. The van der Waals surface area contributed by atoms with Crippen LogP contribution in [-0.4, -0.2) is 45.6 Å². The Labute approximate surface area is 206 Å². The van der Waals surface area contributed by atoms with Gasteiger partial charge in [-0.15, -0.1) is 0 Å². The molecule has 3 heterocycles. The van der Waals surface area contributed by atoms with Gasteiger partial charge in [-0.2, -0.15) is 9.37 Å². The Morgan fingerprint density at radius 2 is 2.06 bits per heavy atom. The fourth-order valence-electron chi connectivity index (χ4n) is 4.01. The highest BCUT2D eigenvalue weighted by Crippen LogP contribution is 2.43. The van der Waals surface area contributed by atoms with Gasteiger partial charge in [-0.1, -0.05) is 13.8 Å². The van der Waals surface area contributed by atoms with Gasteiger partial charge in [0.15, 0.2) is 5.82 Å². The molecule has 0 saturated carbocycles. The van der Waals surface area contributed by atoms with Crippen molar-refractivity contribution in [3.05, 3.63) is 63.8 Å². The van der Waals surface area contributed by atoms with E-state index in [0.717, 1.165) is 23.5 Å². The molecule has 0 atom stereocenters.